The number of halogens is 2. The minimum Gasteiger partial charge on any atom is -0.399 e. The highest BCUT2D eigenvalue weighted by molar-refractivity contribution is 6.35. The van der Waals surface area contributed by atoms with Crippen LogP contribution in [0.4, 0.5) is 5.69 Å². The van der Waals surface area contributed by atoms with E-state index in [-0.39, 0.29) is 12.4 Å². The van der Waals surface area contributed by atoms with Crippen LogP contribution >= 0.6 is 24.0 Å². The first-order valence-corrected chi connectivity index (χ1v) is 3.67. The first-order valence-electron chi connectivity index (χ1n) is 3.29. The van der Waals surface area contributed by atoms with Gasteiger partial charge in [-0.1, -0.05) is 11.6 Å². The van der Waals surface area contributed by atoms with Gasteiger partial charge in [0.05, 0.1) is 5.02 Å². The van der Waals surface area contributed by atoms with Crippen molar-refractivity contribution in [1.29, 1.82) is 0 Å². The Bertz CT molecular complexity index is 395. The average molecular weight is 203 g/mol. The molecule has 0 aliphatic rings. The van der Waals surface area contributed by atoms with Crippen molar-refractivity contribution in [2.75, 3.05) is 5.73 Å². The molecule has 4 heteroatoms. The fraction of sp³-hybridized carbons (Fsp3) is 0. The van der Waals surface area contributed by atoms with Gasteiger partial charge in [-0.25, -0.2) is 0 Å². The molecule has 2 nitrogen and oxygen atoms in total. The van der Waals surface area contributed by atoms with Crippen LogP contribution < -0.4 is 5.73 Å². The van der Waals surface area contributed by atoms with E-state index in [1.54, 1.807) is 6.07 Å². The van der Waals surface area contributed by atoms with E-state index < -0.39 is 0 Å². The highest BCUT2D eigenvalue weighted by Gasteiger charge is 1.99. The van der Waals surface area contributed by atoms with Crippen molar-refractivity contribution < 1.29 is 0 Å². The van der Waals surface area contributed by atoms with Gasteiger partial charge < -0.3 is 10.7 Å². The molecule has 1 aromatic carbocycles. The lowest BCUT2D eigenvalue weighted by atomic mass is 10.2. The second-order valence-corrected chi connectivity index (χ2v) is 2.85. The molecule has 0 unspecified atom stereocenters. The predicted molar refractivity (Wildman–Crippen MR) is 55.0 cm³/mol. The fourth-order valence-electron chi connectivity index (χ4n) is 1.14. The molecule has 0 saturated carbocycles. The zero-order chi connectivity index (χ0) is 7.84. The van der Waals surface area contributed by atoms with Crippen LogP contribution in [0.3, 0.4) is 0 Å². The molecule has 0 fully saturated rings. The number of nitrogens with two attached hydrogens (primary N) is 1. The molecule has 1 heterocycles. The molecule has 1 aromatic heterocycles. The summed E-state index contributed by atoms with van der Waals surface area (Å²) in [6, 6.07) is 5.54. The molecule has 0 amide bonds. The zero-order valence-corrected chi connectivity index (χ0v) is 7.75. The SMILES string of the molecule is Cl.Nc1cc(Cl)c2cc[nH]c2c1. The number of benzene rings is 1. The summed E-state index contributed by atoms with van der Waals surface area (Å²) >= 11 is 5.90. The van der Waals surface area contributed by atoms with Crippen LogP contribution in [-0.2, 0) is 0 Å². The number of aromatic nitrogens is 1. The van der Waals surface area contributed by atoms with Crippen LogP contribution in [0.5, 0.6) is 0 Å². The Hall–Kier alpha value is -0.860. The first-order chi connectivity index (χ1) is 5.27. The van der Waals surface area contributed by atoms with E-state index in [2.05, 4.69) is 4.98 Å². The van der Waals surface area contributed by atoms with Gasteiger partial charge in [0.1, 0.15) is 0 Å². The Morgan fingerprint density at radius 1 is 1.33 bits per heavy atom. The lowest BCUT2D eigenvalue weighted by molar-refractivity contribution is 1.48. The van der Waals surface area contributed by atoms with Gasteiger partial charge in [-0.15, -0.1) is 12.4 Å². The number of fused-ring (bicyclic) bond motifs is 1. The Kier molecular flexibility index (Phi) is 2.50. The van der Waals surface area contributed by atoms with Crippen molar-refractivity contribution in [1.82, 2.24) is 4.98 Å². The summed E-state index contributed by atoms with van der Waals surface area (Å²) in [5.74, 6) is 0. The van der Waals surface area contributed by atoms with Crippen molar-refractivity contribution in [3.8, 4) is 0 Å². The third-order valence-corrected chi connectivity index (χ3v) is 1.95. The Morgan fingerprint density at radius 2 is 2.08 bits per heavy atom. The standard InChI is InChI=1S/C8H7ClN2.ClH/c9-7-3-5(10)4-8-6(7)1-2-11-8;/h1-4,11H,10H2;1H. The van der Waals surface area contributed by atoms with E-state index in [9.17, 15) is 0 Å². The Balaban J connectivity index is 0.000000720. The maximum Gasteiger partial charge on any atom is 0.0520 e. The maximum absolute atomic E-state index is 5.90. The molecule has 2 rings (SSSR count). The summed E-state index contributed by atoms with van der Waals surface area (Å²) in [6.45, 7) is 0. The molecular formula is C8H8Cl2N2. The number of anilines is 1. The van der Waals surface area contributed by atoms with Gasteiger partial charge in [0.15, 0.2) is 0 Å². The molecule has 12 heavy (non-hydrogen) atoms. The van der Waals surface area contributed by atoms with E-state index in [0.29, 0.717) is 10.7 Å². The molecule has 0 radical (unpaired) electrons. The highest BCUT2D eigenvalue weighted by atomic mass is 35.5. The lowest BCUT2D eigenvalue weighted by Crippen LogP contribution is -1.83. The number of rotatable bonds is 0. The second-order valence-electron chi connectivity index (χ2n) is 2.44. The van der Waals surface area contributed by atoms with Crippen LogP contribution in [0.25, 0.3) is 10.9 Å². The number of hydrogen-bond donors (Lipinski definition) is 2. The van der Waals surface area contributed by atoms with Gasteiger partial charge in [-0.2, -0.15) is 0 Å². The average Bonchev–Trinajstić information content (AvgIpc) is 2.34. The second kappa shape index (κ2) is 3.25. The fourth-order valence-corrected chi connectivity index (χ4v) is 1.43. The third kappa shape index (κ3) is 1.36. The predicted octanol–water partition coefficient (Wildman–Crippen LogP) is 2.83. The quantitative estimate of drug-likeness (QED) is 0.635. The summed E-state index contributed by atoms with van der Waals surface area (Å²) in [4.78, 5) is 3.04. The normalized spacial score (nSPS) is 9.75. The molecule has 0 saturated heterocycles. The minimum absolute atomic E-state index is 0. The first kappa shape index (κ1) is 9.23. The molecule has 3 N–H and O–H groups in total. The van der Waals surface area contributed by atoms with E-state index in [1.807, 2.05) is 18.3 Å². The van der Waals surface area contributed by atoms with Crippen LogP contribution in [0.15, 0.2) is 24.4 Å². The van der Waals surface area contributed by atoms with Crippen molar-refractivity contribution in [2.45, 2.75) is 0 Å². The zero-order valence-electron chi connectivity index (χ0n) is 6.17. The van der Waals surface area contributed by atoms with Crippen molar-refractivity contribution >= 4 is 40.6 Å². The smallest absolute Gasteiger partial charge is 0.0520 e. The summed E-state index contributed by atoms with van der Waals surface area (Å²) in [6.07, 6.45) is 1.84. The highest BCUT2D eigenvalue weighted by Crippen LogP contribution is 2.25. The van der Waals surface area contributed by atoms with E-state index in [4.69, 9.17) is 17.3 Å². The third-order valence-electron chi connectivity index (χ3n) is 1.64. The molecule has 0 spiro atoms. The summed E-state index contributed by atoms with van der Waals surface area (Å²) < 4.78 is 0. The van der Waals surface area contributed by atoms with E-state index >= 15 is 0 Å². The molecule has 2 aromatic rings. The number of nitrogens with one attached hydrogen (secondary N) is 1. The molecule has 0 aliphatic heterocycles. The van der Waals surface area contributed by atoms with Gasteiger partial charge in [0, 0.05) is 22.8 Å². The van der Waals surface area contributed by atoms with Gasteiger partial charge in [0.2, 0.25) is 0 Å². The summed E-state index contributed by atoms with van der Waals surface area (Å²) in [5, 5.41) is 1.71. The number of H-pyrrole nitrogens is 1. The van der Waals surface area contributed by atoms with Crippen LogP contribution in [-0.4, -0.2) is 4.98 Å². The molecular weight excluding hydrogens is 195 g/mol. The monoisotopic (exact) mass is 202 g/mol. The van der Waals surface area contributed by atoms with Gasteiger partial charge >= 0.3 is 0 Å². The van der Waals surface area contributed by atoms with Gasteiger partial charge in [-0.05, 0) is 18.2 Å². The maximum atomic E-state index is 5.90. The molecule has 0 aliphatic carbocycles. The summed E-state index contributed by atoms with van der Waals surface area (Å²) in [5.41, 5.74) is 7.25. The van der Waals surface area contributed by atoms with Crippen LogP contribution in [0.2, 0.25) is 5.02 Å². The molecule has 0 bridgehead atoms. The van der Waals surface area contributed by atoms with Crippen molar-refractivity contribution in [3.63, 3.8) is 0 Å². The van der Waals surface area contributed by atoms with Crippen LogP contribution in [0, 0.1) is 0 Å². The minimum atomic E-state index is 0. The largest absolute Gasteiger partial charge is 0.399 e. The molecule has 64 valence electrons. The number of aromatic amines is 1. The number of hydrogen-bond acceptors (Lipinski definition) is 1. The molecule has 0 atom stereocenters. The van der Waals surface area contributed by atoms with Crippen molar-refractivity contribution in [3.05, 3.63) is 29.4 Å². The lowest BCUT2D eigenvalue weighted by Gasteiger charge is -1.95. The van der Waals surface area contributed by atoms with Gasteiger partial charge in [-0.3, -0.25) is 0 Å². The van der Waals surface area contributed by atoms with Crippen molar-refractivity contribution in [2.24, 2.45) is 0 Å². The number of nitrogen functional groups attached to an aromatic ring is 1. The summed E-state index contributed by atoms with van der Waals surface area (Å²) in [7, 11) is 0. The topological polar surface area (TPSA) is 41.8 Å². The van der Waals surface area contributed by atoms with E-state index in [1.165, 1.54) is 0 Å². The van der Waals surface area contributed by atoms with Gasteiger partial charge in [0.25, 0.3) is 0 Å². The van der Waals surface area contributed by atoms with E-state index in [0.717, 1.165) is 10.9 Å². The Labute approximate surface area is 81.1 Å². The van der Waals surface area contributed by atoms with Crippen LogP contribution in [0.1, 0.15) is 0 Å². The Morgan fingerprint density at radius 3 is 2.83 bits per heavy atom.